The quantitative estimate of drug-likeness (QED) is 0.393. The summed E-state index contributed by atoms with van der Waals surface area (Å²) < 4.78 is 2.25. The Kier molecular flexibility index (Phi) is 7.88. The lowest BCUT2D eigenvalue weighted by Crippen LogP contribution is -2.43. The number of hydrogen-bond acceptors (Lipinski definition) is 4. The van der Waals surface area contributed by atoms with E-state index in [1.165, 1.54) is 38.5 Å². The number of pyridine rings is 1. The molecule has 0 bridgehead atoms. The summed E-state index contributed by atoms with van der Waals surface area (Å²) >= 11 is 0. The number of hydrogen-bond donors (Lipinski definition) is 1. The molecule has 1 aromatic carbocycles. The van der Waals surface area contributed by atoms with Gasteiger partial charge in [-0.05, 0) is 69.7 Å². The van der Waals surface area contributed by atoms with Crippen LogP contribution in [0.25, 0.3) is 22.4 Å². The first-order chi connectivity index (χ1) is 17.7. The molecule has 36 heavy (non-hydrogen) atoms. The fraction of sp³-hybridized carbons (Fsp3) is 0.567. The van der Waals surface area contributed by atoms with Gasteiger partial charge in [-0.3, -0.25) is 4.79 Å². The van der Waals surface area contributed by atoms with Gasteiger partial charge in [0.15, 0.2) is 0 Å². The number of amides is 1. The van der Waals surface area contributed by atoms with Crippen LogP contribution in [0.15, 0.2) is 42.6 Å². The van der Waals surface area contributed by atoms with Crippen molar-refractivity contribution in [3.63, 3.8) is 0 Å². The minimum absolute atomic E-state index is 0.172. The maximum absolute atomic E-state index is 14.1. The van der Waals surface area contributed by atoms with Gasteiger partial charge in [-0.2, -0.15) is 0 Å². The van der Waals surface area contributed by atoms with Crippen LogP contribution in [0, 0.1) is 5.92 Å². The van der Waals surface area contributed by atoms with E-state index in [-0.39, 0.29) is 11.9 Å². The maximum Gasteiger partial charge on any atom is 0.243 e. The summed E-state index contributed by atoms with van der Waals surface area (Å²) in [7, 11) is 0. The first kappa shape index (κ1) is 24.8. The number of para-hydroxylation sites is 2. The highest BCUT2D eigenvalue weighted by Gasteiger charge is 2.35. The predicted molar refractivity (Wildman–Crippen MR) is 147 cm³/mol. The number of fused-ring (bicyclic) bond motifs is 1. The van der Waals surface area contributed by atoms with Crippen LogP contribution < -0.4 is 10.2 Å². The Morgan fingerprint density at radius 1 is 0.972 bits per heavy atom. The lowest BCUT2D eigenvalue weighted by atomic mass is 9.82. The molecule has 1 amide bonds. The molecule has 2 aromatic heterocycles. The summed E-state index contributed by atoms with van der Waals surface area (Å²) in [6.07, 6.45) is 13.7. The zero-order valence-electron chi connectivity index (χ0n) is 22.0. The van der Waals surface area contributed by atoms with Crippen LogP contribution in [0.5, 0.6) is 0 Å². The molecule has 1 atom stereocenters. The highest BCUT2D eigenvalue weighted by atomic mass is 16.2. The van der Waals surface area contributed by atoms with Gasteiger partial charge in [0.25, 0.3) is 0 Å². The van der Waals surface area contributed by atoms with Crippen LogP contribution in [-0.4, -0.2) is 39.6 Å². The Bertz CT molecular complexity index is 1140. The molecule has 2 saturated carbocycles. The van der Waals surface area contributed by atoms with Crippen LogP contribution >= 0.6 is 0 Å². The van der Waals surface area contributed by atoms with E-state index in [1.807, 2.05) is 12.3 Å². The van der Waals surface area contributed by atoms with Crippen molar-refractivity contribution in [1.82, 2.24) is 19.9 Å². The molecule has 2 heterocycles. The van der Waals surface area contributed by atoms with E-state index in [0.29, 0.717) is 12.0 Å². The predicted octanol–water partition coefficient (Wildman–Crippen LogP) is 6.51. The lowest BCUT2D eigenvalue weighted by Gasteiger charge is -2.33. The van der Waals surface area contributed by atoms with Gasteiger partial charge in [0, 0.05) is 30.9 Å². The van der Waals surface area contributed by atoms with Crippen LogP contribution in [0.3, 0.4) is 0 Å². The second-order valence-corrected chi connectivity index (χ2v) is 10.6. The zero-order valence-corrected chi connectivity index (χ0v) is 22.0. The Hall–Kier alpha value is -2.89. The summed E-state index contributed by atoms with van der Waals surface area (Å²) in [6.45, 7) is 6.15. The van der Waals surface area contributed by atoms with Crippen LogP contribution in [0.1, 0.15) is 84.1 Å². The molecule has 0 saturated heterocycles. The van der Waals surface area contributed by atoms with Crippen molar-refractivity contribution in [2.24, 2.45) is 5.92 Å². The molecule has 0 spiro atoms. The van der Waals surface area contributed by atoms with Crippen LogP contribution in [-0.2, 0) is 4.79 Å². The smallest absolute Gasteiger partial charge is 0.243 e. The van der Waals surface area contributed by atoms with Gasteiger partial charge in [0.1, 0.15) is 17.7 Å². The van der Waals surface area contributed by atoms with E-state index < -0.39 is 0 Å². The van der Waals surface area contributed by atoms with E-state index >= 15 is 0 Å². The Balaban J connectivity index is 1.57. The summed E-state index contributed by atoms with van der Waals surface area (Å²) in [4.78, 5) is 26.2. The number of aromatic nitrogens is 3. The summed E-state index contributed by atoms with van der Waals surface area (Å²) in [5.74, 6) is 2.32. The average Bonchev–Trinajstić information content (AvgIpc) is 3.30. The van der Waals surface area contributed by atoms with E-state index in [0.717, 1.165) is 67.0 Å². The molecule has 5 rings (SSSR count). The molecule has 0 radical (unpaired) electrons. The normalized spacial score (nSPS) is 18.3. The molecule has 3 aromatic rings. The molecular weight excluding hydrogens is 446 g/mol. The van der Waals surface area contributed by atoms with Gasteiger partial charge in [-0.15, -0.1) is 0 Å². The van der Waals surface area contributed by atoms with Crippen molar-refractivity contribution < 1.29 is 4.79 Å². The molecular formula is C30H41N5O. The third-order valence-corrected chi connectivity index (χ3v) is 8.28. The van der Waals surface area contributed by atoms with Crippen molar-refractivity contribution in [2.75, 3.05) is 18.0 Å². The highest BCUT2D eigenvalue weighted by Crippen LogP contribution is 2.38. The minimum Gasteiger partial charge on any atom is -0.357 e. The molecule has 1 N–H and O–H groups in total. The van der Waals surface area contributed by atoms with Crippen LogP contribution in [0.4, 0.5) is 5.82 Å². The van der Waals surface area contributed by atoms with Gasteiger partial charge < -0.3 is 14.8 Å². The molecule has 0 aliphatic heterocycles. The van der Waals surface area contributed by atoms with Gasteiger partial charge >= 0.3 is 0 Å². The number of carbonyl (C=O) groups is 1. The zero-order chi connectivity index (χ0) is 24.9. The summed E-state index contributed by atoms with van der Waals surface area (Å²) in [5.41, 5.74) is 2.94. The molecule has 2 aliphatic rings. The van der Waals surface area contributed by atoms with Gasteiger partial charge in [-0.25, -0.2) is 9.97 Å². The number of benzene rings is 1. The Labute approximate surface area is 215 Å². The number of imidazole rings is 1. The second kappa shape index (κ2) is 11.4. The number of nitrogens with zero attached hydrogens (tertiary/aromatic N) is 4. The number of carbonyl (C=O) groups excluding carboxylic acids is 1. The van der Waals surface area contributed by atoms with Gasteiger partial charge in [0.2, 0.25) is 5.91 Å². The van der Waals surface area contributed by atoms with E-state index in [4.69, 9.17) is 9.97 Å². The second-order valence-electron chi connectivity index (χ2n) is 10.6. The summed E-state index contributed by atoms with van der Waals surface area (Å²) in [5, 5.41) is 3.48. The van der Waals surface area contributed by atoms with Gasteiger partial charge in [0.05, 0.1) is 11.0 Å². The first-order valence-electron chi connectivity index (χ1n) is 14.2. The molecule has 2 fully saturated rings. The topological polar surface area (TPSA) is 63.1 Å². The maximum atomic E-state index is 14.1. The monoisotopic (exact) mass is 487 g/mol. The largest absolute Gasteiger partial charge is 0.357 e. The van der Waals surface area contributed by atoms with Crippen molar-refractivity contribution in [2.45, 2.75) is 90.1 Å². The standard InChI is InChI=1S/C30H41N5O/c1-3-34(4-2)27-20-19-23(21-31-27)29-33-25-17-11-12-18-26(25)35(29)28(22-13-7-5-8-14-22)30(36)32-24-15-9-6-10-16-24/h11-12,17-22,24,28H,3-10,13-16H2,1-2H3,(H,32,36). The van der Waals surface area contributed by atoms with E-state index in [1.54, 1.807) is 0 Å². The SMILES string of the molecule is CCN(CC)c1ccc(-c2nc3ccccc3n2C(C(=O)NC2CCCCC2)C2CCCCC2)cn1. The van der Waals surface area contributed by atoms with E-state index in [2.05, 4.69) is 59.0 Å². The van der Waals surface area contributed by atoms with E-state index in [9.17, 15) is 4.79 Å². The van der Waals surface area contributed by atoms with Crippen molar-refractivity contribution in [3.8, 4) is 11.4 Å². The molecule has 2 aliphatic carbocycles. The molecule has 1 unspecified atom stereocenters. The lowest BCUT2D eigenvalue weighted by molar-refractivity contribution is -0.127. The number of anilines is 1. The minimum atomic E-state index is -0.253. The molecule has 6 heteroatoms. The van der Waals surface area contributed by atoms with Gasteiger partial charge in [-0.1, -0.05) is 50.7 Å². The Morgan fingerprint density at radius 3 is 2.33 bits per heavy atom. The average molecular weight is 488 g/mol. The fourth-order valence-electron chi connectivity index (χ4n) is 6.31. The molecule has 6 nitrogen and oxygen atoms in total. The third kappa shape index (κ3) is 5.14. The fourth-order valence-corrected chi connectivity index (χ4v) is 6.31. The number of rotatable bonds is 8. The highest BCUT2D eigenvalue weighted by molar-refractivity contribution is 5.87. The number of nitrogens with one attached hydrogen (secondary N) is 1. The van der Waals surface area contributed by atoms with Crippen molar-refractivity contribution >= 4 is 22.8 Å². The third-order valence-electron chi connectivity index (χ3n) is 8.28. The summed E-state index contributed by atoms with van der Waals surface area (Å²) in [6, 6.07) is 12.5. The van der Waals surface area contributed by atoms with Crippen LogP contribution in [0.2, 0.25) is 0 Å². The first-order valence-corrected chi connectivity index (χ1v) is 14.2. The van der Waals surface area contributed by atoms with Crippen molar-refractivity contribution in [1.29, 1.82) is 0 Å². The molecule has 192 valence electrons. The Morgan fingerprint density at radius 2 is 1.67 bits per heavy atom. The van der Waals surface area contributed by atoms with Crippen molar-refractivity contribution in [3.05, 3.63) is 42.6 Å².